The summed E-state index contributed by atoms with van der Waals surface area (Å²) < 4.78 is 0. The molecule has 76 valence electrons. The van der Waals surface area contributed by atoms with Crippen LogP contribution >= 0.6 is 0 Å². The van der Waals surface area contributed by atoms with Crippen LogP contribution in [0.15, 0.2) is 12.1 Å². The molecule has 0 atom stereocenters. The van der Waals surface area contributed by atoms with Crippen LogP contribution in [0.25, 0.3) is 0 Å². The van der Waals surface area contributed by atoms with Gasteiger partial charge in [0.05, 0.1) is 6.61 Å². The van der Waals surface area contributed by atoms with Crippen molar-refractivity contribution in [3.05, 3.63) is 23.4 Å². The van der Waals surface area contributed by atoms with E-state index >= 15 is 0 Å². The minimum atomic E-state index is 0.0921. The lowest BCUT2D eigenvalue weighted by Gasteiger charge is -2.07. The van der Waals surface area contributed by atoms with Crippen LogP contribution in [0.1, 0.15) is 31.0 Å². The quantitative estimate of drug-likeness (QED) is 0.763. The topological polar surface area (TPSA) is 45.1 Å². The van der Waals surface area contributed by atoms with Gasteiger partial charge in [-0.15, -0.1) is 0 Å². The number of aliphatic hydroxyl groups is 1. The lowest BCUT2D eigenvalue weighted by atomic mass is 10.2. The van der Waals surface area contributed by atoms with E-state index in [0.29, 0.717) is 6.04 Å². The van der Waals surface area contributed by atoms with E-state index in [1.165, 1.54) is 12.8 Å². The van der Waals surface area contributed by atoms with Crippen LogP contribution in [0, 0.1) is 0 Å². The van der Waals surface area contributed by atoms with E-state index in [0.717, 1.165) is 23.5 Å². The Kier molecular flexibility index (Phi) is 2.68. The smallest absolute Gasteiger partial charge is 0.126 e. The van der Waals surface area contributed by atoms with E-state index in [2.05, 4.69) is 17.2 Å². The number of hydrogen-bond acceptors (Lipinski definition) is 3. The molecule has 1 fully saturated rings. The molecule has 14 heavy (non-hydrogen) atoms. The van der Waals surface area contributed by atoms with Gasteiger partial charge >= 0.3 is 0 Å². The van der Waals surface area contributed by atoms with Gasteiger partial charge < -0.3 is 10.4 Å². The number of nitrogens with one attached hydrogen (secondary N) is 1. The molecular formula is C11H16N2O. The third-order valence-electron chi connectivity index (χ3n) is 2.41. The lowest BCUT2D eigenvalue weighted by Crippen LogP contribution is -2.05. The molecule has 0 radical (unpaired) electrons. The molecule has 1 aliphatic rings. The summed E-state index contributed by atoms with van der Waals surface area (Å²) in [5.41, 5.74) is 1.99. The van der Waals surface area contributed by atoms with E-state index in [1.807, 2.05) is 12.1 Å². The van der Waals surface area contributed by atoms with Gasteiger partial charge in [-0.05, 0) is 37.0 Å². The molecule has 1 aromatic rings. The van der Waals surface area contributed by atoms with Crippen molar-refractivity contribution in [3.63, 3.8) is 0 Å². The number of pyridine rings is 1. The Labute approximate surface area is 84.2 Å². The number of rotatable bonds is 4. The Morgan fingerprint density at radius 2 is 2.29 bits per heavy atom. The van der Waals surface area contributed by atoms with E-state index < -0.39 is 0 Å². The monoisotopic (exact) mass is 192 g/mol. The highest BCUT2D eigenvalue weighted by Crippen LogP contribution is 2.24. The van der Waals surface area contributed by atoms with Gasteiger partial charge in [-0.25, -0.2) is 4.98 Å². The number of anilines is 1. The Bertz CT molecular complexity index is 299. The molecule has 0 saturated heterocycles. The van der Waals surface area contributed by atoms with Gasteiger partial charge in [0.2, 0.25) is 0 Å². The Morgan fingerprint density at radius 3 is 2.86 bits per heavy atom. The molecule has 0 amide bonds. The van der Waals surface area contributed by atoms with Crippen molar-refractivity contribution in [3.8, 4) is 0 Å². The maximum Gasteiger partial charge on any atom is 0.126 e. The van der Waals surface area contributed by atoms with E-state index in [4.69, 9.17) is 5.11 Å². The molecule has 1 aliphatic carbocycles. The average Bonchev–Trinajstić information content (AvgIpc) is 3.01. The van der Waals surface area contributed by atoms with Crippen LogP contribution in [0.4, 0.5) is 5.82 Å². The second-order valence-electron chi connectivity index (χ2n) is 3.78. The van der Waals surface area contributed by atoms with E-state index in [-0.39, 0.29) is 6.61 Å². The van der Waals surface area contributed by atoms with E-state index in [1.54, 1.807) is 0 Å². The zero-order valence-electron chi connectivity index (χ0n) is 8.45. The molecule has 0 aliphatic heterocycles. The third kappa shape index (κ3) is 2.23. The summed E-state index contributed by atoms with van der Waals surface area (Å²) in [7, 11) is 0. The summed E-state index contributed by atoms with van der Waals surface area (Å²) in [6.45, 7) is 2.17. The molecule has 3 heteroatoms. The Morgan fingerprint density at radius 1 is 1.50 bits per heavy atom. The minimum absolute atomic E-state index is 0.0921. The van der Waals surface area contributed by atoms with Crippen LogP contribution in [-0.2, 0) is 13.0 Å². The van der Waals surface area contributed by atoms with Gasteiger partial charge in [0, 0.05) is 11.7 Å². The van der Waals surface area contributed by atoms with Gasteiger partial charge in [-0.3, -0.25) is 0 Å². The molecule has 0 bridgehead atoms. The molecule has 2 rings (SSSR count). The number of nitrogens with zero attached hydrogens (tertiary/aromatic N) is 1. The summed E-state index contributed by atoms with van der Waals surface area (Å²) in [4.78, 5) is 4.46. The summed E-state index contributed by atoms with van der Waals surface area (Å²) in [5, 5.41) is 12.4. The number of aromatic nitrogens is 1. The van der Waals surface area contributed by atoms with Gasteiger partial charge in [0.1, 0.15) is 5.82 Å². The molecule has 0 spiro atoms. The van der Waals surface area contributed by atoms with Gasteiger partial charge in [-0.2, -0.15) is 0 Å². The van der Waals surface area contributed by atoms with Crippen LogP contribution < -0.4 is 5.32 Å². The first-order valence-corrected chi connectivity index (χ1v) is 5.19. The summed E-state index contributed by atoms with van der Waals surface area (Å²) >= 11 is 0. The van der Waals surface area contributed by atoms with Crippen molar-refractivity contribution in [2.75, 3.05) is 5.32 Å². The van der Waals surface area contributed by atoms with Gasteiger partial charge in [0.25, 0.3) is 0 Å². The molecule has 1 heterocycles. The van der Waals surface area contributed by atoms with Crippen molar-refractivity contribution in [1.29, 1.82) is 0 Å². The Hall–Kier alpha value is -1.09. The van der Waals surface area contributed by atoms with Crippen LogP contribution in [0.5, 0.6) is 0 Å². The van der Waals surface area contributed by atoms with Crippen molar-refractivity contribution in [2.45, 2.75) is 38.8 Å². The van der Waals surface area contributed by atoms with Crippen molar-refractivity contribution in [2.24, 2.45) is 0 Å². The molecule has 2 N–H and O–H groups in total. The molecule has 1 aromatic heterocycles. The fourth-order valence-corrected chi connectivity index (χ4v) is 1.43. The zero-order valence-corrected chi connectivity index (χ0v) is 8.45. The first kappa shape index (κ1) is 9.46. The summed E-state index contributed by atoms with van der Waals surface area (Å²) in [6.07, 6.45) is 3.40. The third-order valence-corrected chi connectivity index (χ3v) is 2.41. The van der Waals surface area contributed by atoms with Crippen molar-refractivity contribution >= 4 is 5.82 Å². The summed E-state index contributed by atoms with van der Waals surface area (Å²) in [5.74, 6) is 0.913. The average molecular weight is 192 g/mol. The van der Waals surface area contributed by atoms with Gasteiger partial charge in [0.15, 0.2) is 0 Å². The Balaban J connectivity index is 2.19. The summed E-state index contributed by atoms with van der Waals surface area (Å²) in [6, 6.07) is 4.50. The molecule has 1 saturated carbocycles. The normalized spacial score (nSPS) is 15.6. The zero-order chi connectivity index (χ0) is 9.97. The highest BCUT2D eigenvalue weighted by atomic mass is 16.3. The maximum atomic E-state index is 9.08. The number of aryl methyl sites for hydroxylation is 1. The second-order valence-corrected chi connectivity index (χ2v) is 3.78. The van der Waals surface area contributed by atoms with Crippen LogP contribution in [-0.4, -0.2) is 16.1 Å². The lowest BCUT2D eigenvalue weighted by molar-refractivity contribution is 0.281. The van der Waals surface area contributed by atoms with Crippen molar-refractivity contribution in [1.82, 2.24) is 4.98 Å². The highest BCUT2D eigenvalue weighted by molar-refractivity contribution is 5.41. The maximum absolute atomic E-state index is 9.08. The van der Waals surface area contributed by atoms with Gasteiger partial charge in [-0.1, -0.05) is 6.92 Å². The van der Waals surface area contributed by atoms with Crippen molar-refractivity contribution < 1.29 is 5.11 Å². The molecule has 3 nitrogen and oxygen atoms in total. The first-order chi connectivity index (χ1) is 6.81. The fourth-order valence-electron chi connectivity index (χ4n) is 1.43. The second kappa shape index (κ2) is 3.96. The number of aliphatic hydroxyl groups excluding tert-OH is 1. The van der Waals surface area contributed by atoms with Crippen LogP contribution in [0.2, 0.25) is 0 Å². The molecule has 0 unspecified atom stereocenters. The van der Waals surface area contributed by atoms with E-state index in [9.17, 15) is 0 Å². The number of hydrogen-bond donors (Lipinski definition) is 2. The standard InChI is InChI=1S/C11H16N2O/c1-2-9-5-8(7-14)6-11(12-9)13-10-3-4-10/h5-6,10,14H,2-4,7H2,1H3,(H,12,13). The fraction of sp³-hybridized carbons (Fsp3) is 0.545. The highest BCUT2D eigenvalue weighted by Gasteiger charge is 2.21. The van der Waals surface area contributed by atoms with Crippen LogP contribution in [0.3, 0.4) is 0 Å². The largest absolute Gasteiger partial charge is 0.392 e. The molecule has 0 aromatic carbocycles. The first-order valence-electron chi connectivity index (χ1n) is 5.19. The molecular weight excluding hydrogens is 176 g/mol. The predicted molar refractivity (Wildman–Crippen MR) is 56.2 cm³/mol. The predicted octanol–water partition coefficient (Wildman–Crippen LogP) is 1.71. The minimum Gasteiger partial charge on any atom is -0.392 e. The SMILES string of the molecule is CCc1cc(CO)cc(NC2CC2)n1.